The number of sulfonamides is 1. The number of nitrogens with zero attached hydrogens (tertiary/aromatic N) is 5. The van der Waals surface area contributed by atoms with Crippen LogP contribution in [0, 0.1) is 5.92 Å². The maximum atomic E-state index is 11.8. The van der Waals surface area contributed by atoms with E-state index in [0.29, 0.717) is 13.1 Å². The Kier molecular flexibility index (Phi) is 4.45. The molecule has 0 N–H and O–H groups in total. The molecule has 0 spiro atoms. The van der Waals surface area contributed by atoms with Crippen LogP contribution in [-0.2, 0) is 23.5 Å². The van der Waals surface area contributed by atoms with E-state index in [-0.39, 0.29) is 5.92 Å². The first-order chi connectivity index (χ1) is 10.9. The molecule has 23 heavy (non-hydrogen) atoms. The zero-order chi connectivity index (χ0) is 16.4. The molecule has 0 radical (unpaired) electrons. The van der Waals surface area contributed by atoms with Crippen LogP contribution >= 0.6 is 0 Å². The van der Waals surface area contributed by atoms with E-state index in [1.165, 1.54) is 6.26 Å². The Morgan fingerprint density at radius 2 is 2.04 bits per heavy atom. The van der Waals surface area contributed by atoms with Gasteiger partial charge in [-0.25, -0.2) is 12.7 Å². The summed E-state index contributed by atoms with van der Waals surface area (Å²) in [6.45, 7) is 1.17. The van der Waals surface area contributed by atoms with Crippen LogP contribution in [0.5, 0.6) is 0 Å². The summed E-state index contributed by atoms with van der Waals surface area (Å²) in [6, 6.07) is 1.91. The minimum Gasteiger partial charge on any atom is -0.266 e. The number of hydrogen-bond donors (Lipinski definition) is 0. The maximum Gasteiger partial charge on any atom is 0.211 e. The lowest BCUT2D eigenvalue weighted by atomic mass is 9.93. The Morgan fingerprint density at radius 3 is 2.74 bits per heavy atom. The predicted molar refractivity (Wildman–Crippen MR) is 87.1 cm³/mol. The molecular formula is C15H21N5O2S. The van der Waals surface area contributed by atoms with E-state index < -0.39 is 10.0 Å². The van der Waals surface area contributed by atoms with Crippen molar-refractivity contribution in [3.05, 3.63) is 30.4 Å². The van der Waals surface area contributed by atoms with Crippen molar-refractivity contribution in [2.45, 2.75) is 19.3 Å². The van der Waals surface area contributed by atoms with Crippen molar-refractivity contribution in [3.63, 3.8) is 0 Å². The van der Waals surface area contributed by atoms with Crippen molar-refractivity contribution in [3.8, 4) is 11.4 Å². The third kappa shape index (κ3) is 3.59. The molecule has 0 bridgehead atoms. The highest BCUT2D eigenvalue weighted by Gasteiger charge is 2.27. The number of hydrogen-bond acceptors (Lipinski definition) is 5. The zero-order valence-electron chi connectivity index (χ0n) is 13.4. The molecule has 1 atom stereocenters. The molecule has 3 heterocycles. The molecule has 2 aromatic rings. The van der Waals surface area contributed by atoms with Crippen LogP contribution in [0.15, 0.2) is 24.7 Å². The smallest absolute Gasteiger partial charge is 0.211 e. The maximum absolute atomic E-state index is 11.8. The zero-order valence-corrected chi connectivity index (χ0v) is 14.2. The normalized spacial score (nSPS) is 19.8. The van der Waals surface area contributed by atoms with Crippen LogP contribution in [0.3, 0.4) is 0 Å². The molecule has 1 fully saturated rings. The summed E-state index contributed by atoms with van der Waals surface area (Å²) < 4.78 is 26.9. The van der Waals surface area contributed by atoms with Crippen molar-refractivity contribution >= 4 is 10.0 Å². The minimum absolute atomic E-state index is 0.266. The molecule has 0 aliphatic carbocycles. The third-order valence-corrected chi connectivity index (χ3v) is 5.54. The van der Waals surface area contributed by atoms with E-state index >= 15 is 0 Å². The van der Waals surface area contributed by atoms with Crippen LogP contribution in [0.1, 0.15) is 18.5 Å². The molecule has 1 aliphatic heterocycles. The standard InChI is InChI=1S/C15H21N5O2S/c1-19-14(5-6-18-19)15-13(16-7-8-17-15)10-12-4-3-9-20(11-12)23(2,21)22/h5-8,12H,3-4,9-11H2,1-2H3/t12-/m0/s1. The van der Waals surface area contributed by atoms with E-state index in [1.807, 2.05) is 13.1 Å². The fraction of sp³-hybridized carbons (Fsp3) is 0.533. The van der Waals surface area contributed by atoms with Gasteiger partial charge < -0.3 is 0 Å². The van der Waals surface area contributed by atoms with Gasteiger partial charge in [0.2, 0.25) is 10.0 Å². The third-order valence-electron chi connectivity index (χ3n) is 4.27. The SMILES string of the molecule is Cn1nccc1-c1nccnc1C[C@@H]1CCCN(S(C)(=O)=O)C1. The van der Waals surface area contributed by atoms with Gasteiger partial charge in [-0.1, -0.05) is 0 Å². The first-order valence-corrected chi connectivity index (χ1v) is 9.53. The van der Waals surface area contributed by atoms with Crippen molar-refractivity contribution in [2.75, 3.05) is 19.3 Å². The second-order valence-corrected chi connectivity index (χ2v) is 8.01. The Labute approximate surface area is 136 Å². The summed E-state index contributed by atoms with van der Waals surface area (Å²) in [5.41, 5.74) is 2.64. The van der Waals surface area contributed by atoms with Gasteiger partial charge >= 0.3 is 0 Å². The fourth-order valence-electron chi connectivity index (χ4n) is 3.10. The average Bonchev–Trinajstić information content (AvgIpc) is 2.93. The lowest BCUT2D eigenvalue weighted by Gasteiger charge is -2.31. The molecule has 1 aliphatic rings. The van der Waals surface area contributed by atoms with Gasteiger partial charge in [-0.05, 0) is 31.2 Å². The van der Waals surface area contributed by atoms with E-state index in [1.54, 1.807) is 27.6 Å². The number of aromatic nitrogens is 4. The molecule has 0 amide bonds. The lowest BCUT2D eigenvalue weighted by Crippen LogP contribution is -2.39. The average molecular weight is 335 g/mol. The van der Waals surface area contributed by atoms with Gasteiger partial charge in [-0.2, -0.15) is 5.10 Å². The Hall–Kier alpha value is -1.80. The minimum atomic E-state index is -3.13. The van der Waals surface area contributed by atoms with E-state index in [9.17, 15) is 8.42 Å². The van der Waals surface area contributed by atoms with Crippen LogP contribution in [0.2, 0.25) is 0 Å². The van der Waals surface area contributed by atoms with E-state index in [0.717, 1.165) is 36.3 Å². The summed E-state index contributed by atoms with van der Waals surface area (Å²) in [5, 5.41) is 4.19. The largest absolute Gasteiger partial charge is 0.266 e. The molecule has 1 saturated heterocycles. The van der Waals surface area contributed by atoms with Crippen molar-refractivity contribution in [1.82, 2.24) is 24.1 Å². The predicted octanol–water partition coefficient (Wildman–Crippen LogP) is 1.09. The lowest BCUT2D eigenvalue weighted by molar-refractivity contribution is 0.265. The highest BCUT2D eigenvalue weighted by atomic mass is 32.2. The van der Waals surface area contributed by atoms with Gasteiger partial charge in [-0.3, -0.25) is 14.6 Å². The number of piperidine rings is 1. The van der Waals surface area contributed by atoms with Gasteiger partial charge in [0.1, 0.15) is 5.69 Å². The van der Waals surface area contributed by atoms with Crippen molar-refractivity contribution in [2.24, 2.45) is 13.0 Å². The Morgan fingerprint density at radius 1 is 1.26 bits per heavy atom. The highest BCUT2D eigenvalue weighted by molar-refractivity contribution is 7.88. The van der Waals surface area contributed by atoms with E-state index in [2.05, 4.69) is 15.1 Å². The summed E-state index contributed by atoms with van der Waals surface area (Å²) in [4.78, 5) is 8.95. The highest BCUT2D eigenvalue weighted by Crippen LogP contribution is 2.26. The summed E-state index contributed by atoms with van der Waals surface area (Å²) >= 11 is 0. The second-order valence-electron chi connectivity index (χ2n) is 6.03. The molecule has 8 heteroatoms. The fourth-order valence-corrected chi connectivity index (χ4v) is 4.05. The topological polar surface area (TPSA) is 81.0 Å². The molecule has 124 valence electrons. The van der Waals surface area contributed by atoms with Crippen LogP contribution < -0.4 is 0 Å². The Balaban J connectivity index is 1.82. The van der Waals surface area contributed by atoms with Crippen LogP contribution in [0.4, 0.5) is 0 Å². The van der Waals surface area contributed by atoms with Gasteiger partial charge in [0, 0.05) is 38.7 Å². The number of aryl methyl sites for hydroxylation is 1. The van der Waals surface area contributed by atoms with Gasteiger partial charge in [-0.15, -0.1) is 0 Å². The second kappa shape index (κ2) is 6.37. The molecule has 0 aromatic carbocycles. The molecule has 3 rings (SSSR count). The first kappa shape index (κ1) is 16.1. The molecule has 0 saturated carbocycles. The molecule has 0 unspecified atom stereocenters. The van der Waals surface area contributed by atoms with Gasteiger partial charge in [0.05, 0.1) is 17.6 Å². The molecule has 7 nitrogen and oxygen atoms in total. The monoisotopic (exact) mass is 335 g/mol. The van der Waals surface area contributed by atoms with E-state index in [4.69, 9.17) is 0 Å². The van der Waals surface area contributed by atoms with Gasteiger partial charge in [0.15, 0.2) is 0 Å². The molecular weight excluding hydrogens is 314 g/mol. The number of rotatable bonds is 4. The summed E-state index contributed by atoms with van der Waals surface area (Å²) in [6.07, 6.45) is 8.99. The first-order valence-electron chi connectivity index (χ1n) is 7.68. The van der Waals surface area contributed by atoms with Crippen molar-refractivity contribution < 1.29 is 8.42 Å². The van der Waals surface area contributed by atoms with Crippen molar-refractivity contribution in [1.29, 1.82) is 0 Å². The molecule has 2 aromatic heterocycles. The quantitative estimate of drug-likeness (QED) is 0.835. The van der Waals surface area contributed by atoms with Gasteiger partial charge in [0.25, 0.3) is 0 Å². The van der Waals surface area contributed by atoms with Crippen LogP contribution in [0.25, 0.3) is 11.4 Å². The van der Waals surface area contributed by atoms with Crippen LogP contribution in [-0.4, -0.2) is 51.8 Å². The summed E-state index contributed by atoms with van der Waals surface area (Å²) in [7, 11) is -1.25. The summed E-state index contributed by atoms with van der Waals surface area (Å²) in [5.74, 6) is 0.266. The Bertz CT molecular complexity index is 787.